The Kier molecular flexibility index (Phi) is 4.39. The lowest BCUT2D eigenvalue weighted by Crippen LogP contribution is -2.27. The molecule has 126 valence electrons. The molecule has 1 aromatic carbocycles. The summed E-state index contributed by atoms with van der Waals surface area (Å²) in [6.07, 6.45) is 4.70. The number of nitrogens with zero attached hydrogens (tertiary/aromatic N) is 3. The average molecular weight is 351 g/mol. The Bertz CT molecular complexity index is 1020. The van der Waals surface area contributed by atoms with Gasteiger partial charge in [0, 0.05) is 29.8 Å². The molecule has 2 N–H and O–H groups in total. The lowest BCUT2D eigenvalue weighted by atomic mass is 10.1. The number of aromatic amines is 1. The topological polar surface area (TPSA) is 75.1 Å². The molecule has 0 radical (unpaired) electrons. The third-order valence-electron chi connectivity index (χ3n) is 4.01. The number of thioether (sulfide) groups is 1. The summed E-state index contributed by atoms with van der Waals surface area (Å²) in [5.74, 6) is 0.321. The van der Waals surface area contributed by atoms with E-state index in [0.29, 0.717) is 12.3 Å². The van der Waals surface area contributed by atoms with E-state index in [1.54, 1.807) is 0 Å². The van der Waals surface area contributed by atoms with Crippen molar-refractivity contribution in [3.05, 3.63) is 60.4 Å². The molecule has 4 rings (SSSR count). The molecule has 0 aliphatic heterocycles. The summed E-state index contributed by atoms with van der Waals surface area (Å²) in [6.45, 7) is 0.613. The first kappa shape index (κ1) is 15.7. The highest BCUT2D eigenvalue weighted by atomic mass is 32.2. The maximum atomic E-state index is 12.1. The summed E-state index contributed by atoms with van der Waals surface area (Å²) in [6, 6.07) is 13.9. The van der Waals surface area contributed by atoms with Gasteiger partial charge in [0.15, 0.2) is 10.8 Å². The van der Waals surface area contributed by atoms with Gasteiger partial charge in [-0.05, 0) is 30.2 Å². The maximum absolute atomic E-state index is 12.1. The second-order valence-corrected chi connectivity index (χ2v) is 6.60. The Morgan fingerprint density at radius 3 is 3.00 bits per heavy atom. The Morgan fingerprint density at radius 2 is 2.04 bits per heavy atom. The molecule has 0 saturated heterocycles. The SMILES string of the molecule is O=C(CSc1nnc2ccccn12)NCCc1c[nH]c2ccccc12. The van der Waals surface area contributed by atoms with E-state index in [1.807, 2.05) is 47.1 Å². The van der Waals surface area contributed by atoms with E-state index in [4.69, 9.17) is 0 Å². The molecule has 7 heteroatoms. The highest BCUT2D eigenvalue weighted by Gasteiger charge is 2.09. The Labute approximate surface area is 148 Å². The minimum atomic E-state index is -0.00229. The predicted molar refractivity (Wildman–Crippen MR) is 98.7 cm³/mol. The van der Waals surface area contributed by atoms with Crippen LogP contribution < -0.4 is 5.32 Å². The van der Waals surface area contributed by atoms with Crippen LogP contribution in [0.3, 0.4) is 0 Å². The molecule has 0 fully saturated rings. The predicted octanol–water partition coefficient (Wildman–Crippen LogP) is 2.66. The van der Waals surface area contributed by atoms with Crippen molar-refractivity contribution in [2.24, 2.45) is 0 Å². The van der Waals surface area contributed by atoms with Gasteiger partial charge in [0.05, 0.1) is 5.75 Å². The number of fused-ring (bicyclic) bond motifs is 2. The van der Waals surface area contributed by atoms with Crippen LogP contribution in [-0.2, 0) is 11.2 Å². The highest BCUT2D eigenvalue weighted by Crippen LogP contribution is 2.18. The third-order valence-corrected chi connectivity index (χ3v) is 4.95. The zero-order valence-electron chi connectivity index (χ0n) is 13.5. The van der Waals surface area contributed by atoms with Crippen molar-refractivity contribution in [1.82, 2.24) is 24.9 Å². The van der Waals surface area contributed by atoms with E-state index in [1.165, 1.54) is 22.7 Å². The van der Waals surface area contributed by atoms with Gasteiger partial charge in [-0.1, -0.05) is 36.0 Å². The average Bonchev–Trinajstić information content (AvgIpc) is 3.24. The molecule has 3 aromatic heterocycles. The van der Waals surface area contributed by atoms with E-state index >= 15 is 0 Å². The number of nitrogens with one attached hydrogen (secondary N) is 2. The first-order valence-corrected chi connectivity index (χ1v) is 9.04. The van der Waals surface area contributed by atoms with E-state index in [0.717, 1.165) is 22.7 Å². The molecule has 3 heterocycles. The van der Waals surface area contributed by atoms with Crippen molar-refractivity contribution in [1.29, 1.82) is 0 Å². The summed E-state index contributed by atoms with van der Waals surface area (Å²) in [5.41, 5.74) is 3.12. The Hall–Kier alpha value is -2.80. The zero-order valence-corrected chi connectivity index (χ0v) is 14.3. The van der Waals surface area contributed by atoms with Crippen LogP contribution in [0.15, 0.2) is 60.0 Å². The molecule has 0 aliphatic carbocycles. The van der Waals surface area contributed by atoms with Gasteiger partial charge in [0.1, 0.15) is 0 Å². The molecule has 0 unspecified atom stereocenters. The molecule has 0 spiro atoms. The van der Waals surface area contributed by atoms with E-state index in [2.05, 4.69) is 32.6 Å². The van der Waals surface area contributed by atoms with Crippen LogP contribution in [0.5, 0.6) is 0 Å². The number of hydrogen-bond acceptors (Lipinski definition) is 4. The van der Waals surface area contributed by atoms with Crippen LogP contribution in [-0.4, -0.2) is 37.8 Å². The van der Waals surface area contributed by atoms with Crippen molar-refractivity contribution in [3.63, 3.8) is 0 Å². The second kappa shape index (κ2) is 6.98. The van der Waals surface area contributed by atoms with E-state index in [-0.39, 0.29) is 5.91 Å². The van der Waals surface area contributed by atoms with Crippen LogP contribution in [0.4, 0.5) is 0 Å². The quantitative estimate of drug-likeness (QED) is 0.524. The molecule has 1 amide bonds. The van der Waals surface area contributed by atoms with Gasteiger partial charge in [0.25, 0.3) is 0 Å². The molecule has 4 aromatic rings. The zero-order chi connectivity index (χ0) is 17.1. The highest BCUT2D eigenvalue weighted by molar-refractivity contribution is 7.99. The fraction of sp³-hybridized carbons (Fsp3) is 0.167. The summed E-state index contributed by atoms with van der Waals surface area (Å²) >= 11 is 1.39. The van der Waals surface area contributed by atoms with Crippen molar-refractivity contribution in [2.45, 2.75) is 11.6 Å². The standard InChI is InChI=1S/C18H17N5OS/c24-17(12-25-18-22-21-16-7-3-4-10-23(16)18)19-9-8-13-11-20-15-6-2-1-5-14(13)15/h1-7,10-11,20H,8-9,12H2,(H,19,24). The summed E-state index contributed by atoms with van der Waals surface area (Å²) in [5, 5.41) is 13.1. The Morgan fingerprint density at radius 1 is 1.16 bits per heavy atom. The summed E-state index contributed by atoms with van der Waals surface area (Å²) < 4.78 is 1.88. The minimum absolute atomic E-state index is 0.00229. The van der Waals surface area contributed by atoms with Gasteiger partial charge in [0.2, 0.25) is 5.91 Å². The minimum Gasteiger partial charge on any atom is -0.361 e. The fourth-order valence-corrected chi connectivity index (χ4v) is 3.53. The van der Waals surface area contributed by atoms with Crippen LogP contribution in [0.25, 0.3) is 16.6 Å². The molecule has 25 heavy (non-hydrogen) atoms. The number of pyridine rings is 1. The van der Waals surface area contributed by atoms with Crippen LogP contribution in [0, 0.1) is 0 Å². The summed E-state index contributed by atoms with van der Waals surface area (Å²) in [7, 11) is 0. The second-order valence-electron chi connectivity index (χ2n) is 5.66. The van der Waals surface area contributed by atoms with Gasteiger partial charge in [-0.25, -0.2) is 0 Å². The number of rotatable bonds is 6. The van der Waals surface area contributed by atoms with Crippen molar-refractivity contribution < 1.29 is 4.79 Å². The van der Waals surface area contributed by atoms with Gasteiger partial charge < -0.3 is 10.3 Å². The van der Waals surface area contributed by atoms with Gasteiger partial charge in [-0.2, -0.15) is 0 Å². The van der Waals surface area contributed by atoms with Crippen molar-refractivity contribution in [2.75, 3.05) is 12.3 Å². The number of amides is 1. The number of carbonyl (C=O) groups excluding carboxylic acids is 1. The molecule has 0 aliphatic rings. The number of H-pyrrole nitrogens is 1. The monoisotopic (exact) mass is 351 g/mol. The van der Waals surface area contributed by atoms with Gasteiger partial charge >= 0.3 is 0 Å². The number of aromatic nitrogens is 4. The molecule has 6 nitrogen and oxygen atoms in total. The smallest absolute Gasteiger partial charge is 0.230 e. The molecule has 0 bridgehead atoms. The molecular weight excluding hydrogens is 334 g/mol. The third kappa shape index (κ3) is 3.36. The largest absolute Gasteiger partial charge is 0.361 e. The first-order chi connectivity index (χ1) is 12.3. The van der Waals surface area contributed by atoms with Crippen molar-refractivity contribution >= 4 is 34.2 Å². The molecular formula is C18H17N5OS. The van der Waals surface area contributed by atoms with E-state index < -0.39 is 0 Å². The fourth-order valence-electron chi connectivity index (χ4n) is 2.77. The first-order valence-electron chi connectivity index (χ1n) is 8.05. The lowest BCUT2D eigenvalue weighted by molar-refractivity contribution is -0.118. The lowest BCUT2D eigenvalue weighted by Gasteiger charge is -2.04. The van der Waals surface area contributed by atoms with Gasteiger partial charge in [-0.15, -0.1) is 10.2 Å². The molecule has 0 atom stereocenters. The number of benzene rings is 1. The number of hydrogen-bond donors (Lipinski definition) is 2. The van der Waals surface area contributed by atoms with Crippen LogP contribution in [0.2, 0.25) is 0 Å². The Balaban J connectivity index is 1.29. The number of para-hydroxylation sites is 1. The van der Waals surface area contributed by atoms with Crippen LogP contribution in [0.1, 0.15) is 5.56 Å². The molecule has 0 saturated carbocycles. The van der Waals surface area contributed by atoms with Gasteiger partial charge in [-0.3, -0.25) is 9.20 Å². The number of carbonyl (C=O) groups is 1. The normalized spacial score (nSPS) is 11.2. The maximum Gasteiger partial charge on any atom is 0.230 e. The van der Waals surface area contributed by atoms with Crippen molar-refractivity contribution in [3.8, 4) is 0 Å². The summed E-state index contributed by atoms with van der Waals surface area (Å²) in [4.78, 5) is 15.3. The van der Waals surface area contributed by atoms with Crippen LogP contribution >= 0.6 is 11.8 Å². The van der Waals surface area contributed by atoms with E-state index in [9.17, 15) is 4.79 Å².